The van der Waals surface area contributed by atoms with Crippen molar-refractivity contribution in [2.24, 2.45) is 0 Å². The van der Waals surface area contributed by atoms with E-state index in [1.54, 1.807) is 7.11 Å². The molecule has 124 valence electrons. The minimum atomic E-state index is -0.0120. The van der Waals surface area contributed by atoms with Crippen LogP contribution in [0.2, 0.25) is 0 Å². The first-order chi connectivity index (χ1) is 11.0. The highest BCUT2D eigenvalue weighted by Crippen LogP contribution is 2.29. The van der Waals surface area contributed by atoms with Crippen molar-refractivity contribution in [3.63, 3.8) is 0 Å². The Balaban J connectivity index is 1.60. The Kier molecular flexibility index (Phi) is 4.39. The molecule has 0 spiro atoms. The van der Waals surface area contributed by atoms with Crippen LogP contribution in [0.25, 0.3) is 0 Å². The number of hydrogen-bond acceptors (Lipinski definition) is 4. The second-order valence-electron chi connectivity index (χ2n) is 7.32. The Morgan fingerprint density at radius 1 is 1.22 bits per heavy atom. The van der Waals surface area contributed by atoms with Gasteiger partial charge in [0.25, 0.3) is 0 Å². The predicted octanol–water partition coefficient (Wildman–Crippen LogP) is 3.03. The average molecular weight is 314 g/mol. The maximum absolute atomic E-state index is 5.23. The monoisotopic (exact) mass is 314 g/mol. The molecule has 1 fully saturated rings. The van der Waals surface area contributed by atoms with Gasteiger partial charge in [0.1, 0.15) is 5.75 Å². The summed E-state index contributed by atoms with van der Waals surface area (Å²) in [5.41, 5.74) is 2.43. The highest BCUT2D eigenvalue weighted by Gasteiger charge is 2.25. The van der Waals surface area contributed by atoms with Crippen molar-refractivity contribution in [1.82, 2.24) is 19.9 Å². The van der Waals surface area contributed by atoms with Gasteiger partial charge in [0.2, 0.25) is 0 Å². The summed E-state index contributed by atoms with van der Waals surface area (Å²) in [7, 11) is 1.71. The van der Waals surface area contributed by atoms with Gasteiger partial charge in [-0.25, -0.2) is 4.68 Å². The van der Waals surface area contributed by atoms with Gasteiger partial charge in [-0.15, -0.1) is 5.10 Å². The van der Waals surface area contributed by atoms with Crippen LogP contribution >= 0.6 is 0 Å². The van der Waals surface area contributed by atoms with E-state index < -0.39 is 0 Å². The molecule has 2 aromatic rings. The lowest BCUT2D eigenvalue weighted by Crippen LogP contribution is -2.22. The predicted molar refractivity (Wildman–Crippen MR) is 90.6 cm³/mol. The molecule has 1 atom stereocenters. The van der Waals surface area contributed by atoms with Crippen LogP contribution in [0.3, 0.4) is 0 Å². The van der Waals surface area contributed by atoms with Crippen molar-refractivity contribution in [3.8, 4) is 5.75 Å². The number of likely N-dealkylation sites (tertiary alicyclic amines) is 1. The summed E-state index contributed by atoms with van der Waals surface area (Å²) in [4.78, 5) is 2.46. The zero-order valence-corrected chi connectivity index (χ0v) is 14.5. The van der Waals surface area contributed by atoms with Gasteiger partial charge in [-0.3, -0.25) is 4.90 Å². The maximum atomic E-state index is 5.23. The maximum Gasteiger partial charge on any atom is 0.118 e. The fourth-order valence-corrected chi connectivity index (χ4v) is 3.05. The second-order valence-corrected chi connectivity index (χ2v) is 7.32. The van der Waals surface area contributed by atoms with Gasteiger partial charge in [-0.05, 0) is 57.4 Å². The molecule has 1 aliphatic rings. The second kappa shape index (κ2) is 6.32. The summed E-state index contributed by atoms with van der Waals surface area (Å²) in [5, 5.41) is 8.57. The molecule has 23 heavy (non-hydrogen) atoms. The molecule has 0 saturated carbocycles. The van der Waals surface area contributed by atoms with Gasteiger partial charge in [-0.2, -0.15) is 0 Å². The number of aromatic nitrogens is 3. The fourth-order valence-electron chi connectivity index (χ4n) is 3.05. The van der Waals surface area contributed by atoms with Gasteiger partial charge >= 0.3 is 0 Å². The number of rotatable bonds is 4. The van der Waals surface area contributed by atoms with Crippen molar-refractivity contribution >= 4 is 0 Å². The molecule has 0 radical (unpaired) electrons. The third-order valence-corrected chi connectivity index (χ3v) is 4.47. The summed E-state index contributed by atoms with van der Waals surface area (Å²) in [6, 6.07) is 8.46. The van der Waals surface area contributed by atoms with E-state index in [1.807, 2.05) is 16.8 Å². The van der Waals surface area contributed by atoms with E-state index in [0.29, 0.717) is 5.92 Å². The quantitative estimate of drug-likeness (QED) is 0.870. The van der Waals surface area contributed by atoms with Crippen LogP contribution in [0.4, 0.5) is 0 Å². The lowest BCUT2D eigenvalue weighted by atomic mass is 9.98. The van der Waals surface area contributed by atoms with E-state index in [9.17, 15) is 0 Å². The van der Waals surface area contributed by atoms with Gasteiger partial charge in [-0.1, -0.05) is 17.3 Å². The molecule has 0 bridgehead atoms. The van der Waals surface area contributed by atoms with Crippen LogP contribution in [0.15, 0.2) is 30.5 Å². The van der Waals surface area contributed by atoms with Crippen molar-refractivity contribution in [3.05, 3.63) is 41.7 Å². The van der Waals surface area contributed by atoms with E-state index >= 15 is 0 Å². The Hall–Kier alpha value is -1.88. The van der Waals surface area contributed by atoms with E-state index in [4.69, 9.17) is 4.74 Å². The summed E-state index contributed by atoms with van der Waals surface area (Å²) < 4.78 is 7.18. The van der Waals surface area contributed by atoms with Crippen molar-refractivity contribution < 1.29 is 4.74 Å². The number of nitrogens with zero attached hydrogens (tertiary/aromatic N) is 4. The Labute approximate surface area is 138 Å². The summed E-state index contributed by atoms with van der Waals surface area (Å²) >= 11 is 0. The molecule has 1 unspecified atom stereocenters. The first-order valence-electron chi connectivity index (χ1n) is 8.24. The molecule has 1 aliphatic heterocycles. The third kappa shape index (κ3) is 3.72. The molecule has 5 heteroatoms. The number of benzene rings is 1. The normalized spacial score (nSPS) is 19.2. The lowest BCUT2D eigenvalue weighted by molar-refractivity contribution is 0.322. The standard InChI is InChI=1S/C18H26N4O/c1-18(2,3)22-13-16(19-20-22)12-21-10-9-15(11-21)14-5-7-17(23-4)8-6-14/h5-8,13,15H,9-12H2,1-4H3. The van der Waals surface area contributed by atoms with E-state index in [0.717, 1.165) is 31.1 Å². The van der Waals surface area contributed by atoms with Crippen LogP contribution in [-0.2, 0) is 12.1 Å². The van der Waals surface area contributed by atoms with Crippen LogP contribution in [-0.4, -0.2) is 40.1 Å². The summed E-state index contributed by atoms with van der Waals surface area (Å²) in [6.07, 6.45) is 3.26. The smallest absolute Gasteiger partial charge is 0.118 e. The molecule has 0 amide bonds. The largest absolute Gasteiger partial charge is 0.497 e. The molecule has 2 heterocycles. The molecule has 0 aliphatic carbocycles. The zero-order chi connectivity index (χ0) is 16.4. The molecule has 1 aromatic carbocycles. The number of ether oxygens (including phenoxy) is 1. The average Bonchev–Trinajstić information content (AvgIpc) is 3.17. The first-order valence-corrected chi connectivity index (χ1v) is 8.24. The Morgan fingerprint density at radius 3 is 2.57 bits per heavy atom. The molecule has 3 rings (SSSR count). The third-order valence-electron chi connectivity index (χ3n) is 4.47. The van der Waals surface area contributed by atoms with E-state index in [1.165, 1.54) is 12.0 Å². The number of methoxy groups -OCH3 is 1. The van der Waals surface area contributed by atoms with Crippen LogP contribution in [0, 0.1) is 0 Å². The zero-order valence-electron chi connectivity index (χ0n) is 14.5. The minimum Gasteiger partial charge on any atom is -0.497 e. The molecule has 1 saturated heterocycles. The van der Waals surface area contributed by atoms with Crippen LogP contribution in [0.5, 0.6) is 5.75 Å². The first kappa shape index (κ1) is 16.0. The molecular weight excluding hydrogens is 288 g/mol. The Morgan fingerprint density at radius 2 is 1.96 bits per heavy atom. The van der Waals surface area contributed by atoms with E-state index in [-0.39, 0.29) is 5.54 Å². The van der Waals surface area contributed by atoms with Gasteiger partial charge < -0.3 is 4.74 Å². The SMILES string of the molecule is COc1ccc(C2CCN(Cc3cn(C(C)(C)C)nn3)C2)cc1. The summed E-state index contributed by atoms with van der Waals surface area (Å²) in [6.45, 7) is 9.49. The van der Waals surface area contributed by atoms with Crippen molar-refractivity contribution in [1.29, 1.82) is 0 Å². The van der Waals surface area contributed by atoms with E-state index in [2.05, 4.69) is 54.3 Å². The highest BCUT2D eigenvalue weighted by molar-refractivity contribution is 5.30. The fraction of sp³-hybridized carbons (Fsp3) is 0.556. The number of hydrogen-bond donors (Lipinski definition) is 0. The minimum absolute atomic E-state index is 0.0120. The van der Waals surface area contributed by atoms with Crippen LogP contribution in [0.1, 0.15) is 44.4 Å². The molecular formula is C18H26N4O. The van der Waals surface area contributed by atoms with Gasteiger partial charge in [0, 0.05) is 13.1 Å². The van der Waals surface area contributed by atoms with Crippen molar-refractivity contribution in [2.45, 2.75) is 45.2 Å². The lowest BCUT2D eigenvalue weighted by Gasteiger charge is -2.18. The molecule has 0 N–H and O–H groups in total. The van der Waals surface area contributed by atoms with Crippen molar-refractivity contribution in [2.75, 3.05) is 20.2 Å². The summed E-state index contributed by atoms with van der Waals surface area (Å²) in [5.74, 6) is 1.51. The Bertz CT molecular complexity index is 642. The van der Waals surface area contributed by atoms with Crippen LogP contribution < -0.4 is 4.74 Å². The topological polar surface area (TPSA) is 43.2 Å². The van der Waals surface area contributed by atoms with Gasteiger partial charge in [0.15, 0.2) is 0 Å². The highest BCUT2D eigenvalue weighted by atomic mass is 16.5. The van der Waals surface area contributed by atoms with Gasteiger partial charge in [0.05, 0.1) is 24.5 Å². The molecule has 5 nitrogen and oxygen atoms in total. The molecule has 1 aromatic heterocycles.